The van der Waals surface area contributed by atoms with E-state index in [-0.39, 0.29) is 11.3 Å². The van der Waals surface area contributed by atoms with E-state index in [1.54, 1.807) is 25.3 Å². The van der Waals surface area contributed by atoms with Crippen molar-refractivity contribution < 1.29 is 18.7 Å². The van der Waals surface area contributed by atoms with Crippen molar-refractivity contribution >= 4 is 11.8 Å². The molecule has 132 valence electrons. The number of hydrazine groups is 1. The Hall–Kier alpha value is -3.68. The van der Waals surface area contributed by atoms with Crippen LogP contribution in [0.1, 0.15) is 20.8 Å². The van der Waals surface area contributed by atoms with E-state index in [1.165, 1.54) is 12.1 Å². The van der Waals surface area contributed by atoms with Crippen LogP contribution in [-0.2, 0) is 0 Å². The van der Waals surface area contributed by atoms with Crippen LogP contribution in [0.25, 0.3) is 11.3 Å². The molecule has 0 saturated carbocycles. The van der Waals surface area contributed by atoms with E-state index in [9.17, 15) is 14.0 Å². The average molecular weight is 354 g/mol. The zero-order chi connectivity index (χ0) is 18.5. The molecule has 0 aliphatic rings. The van der Waals surface area contributed by atoms with Gasteiger partial charge < -0.3 is 4.74 Å². The first-order valence-corrected chi connectivity index (χ1v) is 7.63. The summed E-state index contributed by atoms with van der Waals surface area (Å²) in [5.41, 5.74) is 6.30. The second-order valence-electron chi connectivity index (χ2n) is 5.31. The molecule has 0 radical (unpaired) electrons. The maximum absolute atomic E-state index is 12.9. The number of aromatic amines is 1. The highest BCUT2D eigenvalue weighted by molar-refractivity contribution is 5.98. The van der Waals surface area contributed by atoms with E-state index >= 15 is 0 Å². The van der Waals surface area contributed by atoms with Gasteiger partial charge in [0.2, 0.25) is 0 Å². The molecule has 1 aromatic heterocycles. The number of halogens is 1. The fraction of sp³-hybridized carbons (Fsp3) is 0.0556. The maximum Gasteiger partial charge on any atom is 0.287 e. The number of ether oxygens (including phenoxy) is 1. The molecule has 0 aliphatic carbocycles. The molecule has 3 aromatic rings. The first-order chi connectivity index (χ1) is 12.6. The van der Waals surface area contributed by atoms with Crippen molar-refractivity contribution in [2.45, 2.75) is 0 Å². The quantitative estimate of drug-likeness (QED) is 0.627. The Bertz CT molecular complexity index is 920. The van der Waals surface area contributed by atoms with Gasteiger partial charge in [-0.05, 0) is 54.6 Å². The molecule has 0 aliphatic heterocycles. The van der Waals surface area contributed by atoms with Crippen LogP contribution >= 0.6 is 0 Å². The van der Waals surface area contributed by atoms with Crippen LogP contribution in [0.5, 0.6) is 5.75 Å². The lowest BCUT2D eigenvalue weighted by molar-refractivity contribution is 0.0844. The topological polar surface area (TPSA) is 96.1 Å². The Morgan fingerprint density at radius 2 is 1.65 bits per heavy atom. The Morgan fingerprint density at radius 1 is 1.00 bits per heavy atom. The number of methoxy groups -OCH3 is 1. The van der Waals surface area contributed by atoms with Crippen molar-refractivity contribution in [2.75, 3.05) is 7.11 Å². The van der Waals surface area contributed by atoms with Gasteiger partial charge in [-0.15, -0.1) is 0 Å². The summed E-state index contributed by atoms with van der Waals surface area (Å²) >= 11 is 0. The van der Waals surface area contributed by atoms with Gasteiger partial charge in [0.15, 0.2) is 0 Å². The summed E-state index contributed by atoms with van der Waals surface area (Å²) in [6.45, 7) is 0. The van der Waals surface area contributed by atoms with Gasteiger partial charge in [0.1, 0.15) is 17.3 Å². The molecule has 8 heteroatoms. The predicted molar refractivity (Wildman–Crippen MR) is 91.9 cm³/mol. The largest absolute Gasteiger partial charge is 0.497 e. The van der Waals surface area contributed by atoms with Crippen molar-refractivity contribution in [3.05, 3.63) is 71.7 Å². The lowest BCUT2D eigenvalue weighted by atomic mass is 10.1. The number of H-pyrrole nitrogens is 1. The lowest BCUT2D eigenvalue weighted by Crippen LogP contribution is -2.41. The van der Waals surface area contributed by atoms with Gasteiger partial charge in [0.05, 0.1) is 12.8 Å². The van der Waals surface area contributed by atoms with Crippen LogP contribution in [0.2, 0.25) is 0 Å². The molecule has 1 heterocycles. The minimum absolute atomic E-state index is 0.176. The van der Waals surface area contributed by atoms with Crippen molar-refractivity contribution in [1.82, 2.24) is 21.0 Å². The summed E-state index contributed by atoms with van der Waals surface area (Å²) in [7, 11) is 1.58. The average Bonchev–Trinajstić information content (AvgIpc) is 3.17. The molecule has 3 rings (SSSR count). The molecule has 0 spiro atoms. The van der Waals surface area contributed by atoms with Gasteiger partial charge in [-0.1, -0.05) is 0 Å². The molecular weight excluding hydrogens is 339 g/mol. The molecule has 0 saturated heterocycles. The number of aromatic nitrogens is 2. The predicted octanol–water partition coefficient (Wildman–Crippen LogP) is 2.30. The number of benzene rings is 2. The van der Waals surface area contributed by atoms with Gasteiger partial charge in [-0.2, -0.15) is 5.10 Å². The fourth-order valence-electron chi connectivity index (χ4n) is 2.20. The van der Waals surface area contributed by atoms with Gasteiger partial charge in [-0.3, -0.25) is 25.5 Å². The lowest BCUT2D eigenvalue weighted by Gasteiger charge is -2.06. The summed E-state index contributed by atoms with van der Waals surface area (Å²) in [6.07, 6.45) is 0. The molecule has 26 heavy (non-hydrogen) atoms. The summed E-state index contributed by atoms with van der Waals surface area (Å²) in [5.74, 6) is -0.860. The van der Waals surface area contributed by atoms with Gasteiger partial charge in [0, 0.05) is 11.1 Å². The van der Waals surface area contributed by atoms with Crippen LogP contribution in [0.3, 0.4) is 0 Å². The Balaban J connectivity index is 1.62. The number of amides is 2. The van der Waals surface area contributed by atoms with Crippen LogP contribution < -0.4 is 15.6 Å². The monoisotopic (exact) mass is 354 g/mol. The summed E-state index contributed by atoms with van der Waals surface area (Å²) in [5, 5.41) is 6.69. The van der Waals surface area contributed by atoms with E-state index in [1.807, 2.05) is 12.1 Å². The number of carbonyl (C=O) groups is 2. The SMILES string of the molecule is COc1ccc(-c2cc(C(=O)NNC(=O)c3ccc(F)cc3)[nH]n2)cc1. The number of nitrogens with zero attached hydrogens (tertiary/aromatic N) is 1. The number of hydrogen-bond donors (Lipinski definition) is 3. The van der Waals surface area contributed by atoms with Crippen molar-refractivity contribution in [2.24, 2.45) is 0 Å². The summed E-state index contributed by atoms with van der Waals surface area (Å²) < 4.78 is 17.9. The van der Waals surface area contributed by atoms with E-state index in [0.717, 1.165) is 17.7 Å². The van der Waals surface area contributed by atoms with Crippen molar-refractivity contribution in [3.8, 4) is 17.0 Å². The zero-order valence-electron chi connectivity index (χ0n) is 13.7. The smallest absolute Gasteiger partial charge is 0.287 e. The summed E-state index contributed by atoms with van der Waals surface area (Å²) in [4.78, 5) is 24.0. The van der Waals surface area contributed by atoms with Gasteiger partial charge in [-0.25, -0.2) is 4.39 Å². The highest BCUT2D eigenvalue weighted by Crippen LogP contribution is 2.21. The van der Waals surface area contributed by atoms with E-state index in [4.69, 9.17) is 4.74 Å². The molecule has 0 bridgehead atoms. The molecule has 2 amide bonds. The third-order valence-electron chi connectivity index (χ3n) is 3.60. The second-order valence-corrected chi connectivity index (χ2v) is 5.31. The second kappa shape index (κ2) is 7.47. The highest BCUT2D eigenvalue weighted by Gasteiger charge is 2.13. The normalized spacial score (nSPS) is 10.2. The number of rotatable bonds is 4. The highest BCUT2D eigenvalue weighted by atomic mass is 19.1. The maximum atomic E-state index is 12.9. The summed E-state index contributed by atoms with van der Waals surface area (Å²) in [6, 6.07) is 13.7. The molecule has 0 atom stereocenters. The first kappa shape index (κ1) is 17.2. The molecule has 2 aromatic carbocycles. The number of carbonyl (C=O) groups excluding carboxylic acids is 2. The van der Waals surface area contributed by atoms with Crippen molar-refractivity contribution in [1.29, 1.82) is 0 Å². The standard InChI is InChI=1S/C18H15FN4O3/c1-26-14-8-4-11(5-9-14)15-10-16(21-20-15)18(25)23-22-17(24)12-2-6-13(19)7-3-12/h2-10H,1H3,(H,20,21)(H,22,24)(H,23,25). The van der Waals surface area contributed by atoms with Crippen LogP contribution in [0, 0.1) is 5.82 Å². The molecule has 0 fully saturated rings. The van der Waals surface area contributed by atoms with E-state index in [2.05, 4.69) is 21.0 Å². The van der Waals surface area contributed by atoms with Crippen molar-refractivity contribution in [3.63, 3.8) is 0 Å². The number of nitrogens with one attached hydrogen (secondary N) is 3. The fourth-order valence-corrected chi connectivity index (χ4v) is 2.20. The minimum atomic E-state index is -0.562. The third-order valence-corrected chi connectivity index (χ3v) is 3.60. The van der Waals surface area contributed by atoms with E-state index in [0.29, 0.717) is 11.4 Å². The van der Waals surface area contributed by atoms with E-state index < -0.39 is 17.6 Å². The zero-order valence-corrected chi connectivity index (χ0v) is 13.7. The molecule has 3 N–H and O–H groups in total. The Labute approximate surface area is 148 Å². The minimum Gasteiger partial charge on any atom is -0.497 e. The van der Waals surface area contributed by atoms with Gasteiger partial charge >= 0.3 is 0 Å². The molecule has 0 unspecified atom stereocenters. The number of hydrogen-bond acceptors (Lipinski definition) is 4. The van der Waals surface area contributed by atoms with Crippen LogP contribution in [0.15, 0.2) is 54.6 Å². The van der Waals surface area contributed by atoms with Crippen LogP contribution in [0.4, 0.5) is 4.39 Å². The van der Waals surface area contributed by atoms with Gasteiger partial charge in [0.25, 0.3) is 11.8 Å². The molecular formula is C18H15FN4O3. The third kappa shape index (κ3) is 3.86. The Kier molecular flexibility index (Phi) is 4.93. The Morgan fingerprint density at radius 3 is 2.31 bits per heavy atom. The molecule has 7 nitrogen and oxygen atoms in total. The van der Waals surface area contributed by atoms with Crippen LogP contribution in [-0.4, -0.2) is 29.1 Å². The first-order valence-electron chi connectivity index (χ1n) is 7.63.